The minimum atomic E-state index is -0.979. The van der Waals surface area contributed by atoms with Crippen LogP contribution < -0.4 is 5.56 Å². The number of aromatic nitrogens is 2. The van der Waals surface area contributed by atoms with E-state index in [0.29, 0.717) is 6.54 Å². The van der Waals surface area contributed by atoms with Gasteiger partial charge in [0.15, 0.2) is 0 Å². The highest BCUT2D eigenvalue weighted by Gasteiger charge is 2.06. The summed E-state index contributed by atoms with van der Waals surface area (Å²) in [6, 6.07) is 8.06. The molecule has 0 atom stereocenters. The van der Waals surface area contributed by atoms with Crippen LogP contribution in [0, 0.1) is 0 Å². The third-order valence-electron chi connectivity index (χ3n) is 3.02. The van der Waals surface area contributed by atoms with E-state index in [1.54, 1.807) is 18.2 Å². The molecule has 0 radical (unpaired) electrons. The molecular weight excluding hydrogens is 256 g/mol. The Morgan fingerprint density at radius 3 is 2.70 bits per heavy atom. The molecule has 0 saturated carbocycles. The van der Waals surface area contributed by atoms with Crippen LogP contribution in [0.5, 0.6) is 0 Å². The second-order valence-electron chi connectivity index (χ2n) is 4.94. The lowest BCUT2D eigenvalue weighted by atomic mass is 10.1. The van der Waals surface area contributed by atoms with Crippen LogP contribution in [0.15, 0.2) is 41.5 Å². The number of hydrogen-bond acceptors (Lipinski definition) is 3. The van der Waals surface area contributed by atoms with Gasteiger partial charge in [-0.2, -0.15) is 0 Å². The molecule has 0 spiro atoms. The van der Waals surface area contributed by atoms with Gasteiger partial charge in [-0.05, 0) is 23.6 Å². The summed E-state index contributed by atoms with van der Waals surface area (Å²) in [5.41, 5.74) is 1.59. The molecule has 1 heterocycles. The van der Waals surface area contributed by atoms with Crippen LogP contribution in [0.3, 0.4) is 0 Å². The van der Waals surface area contributed by atoms with Gasteiger partial charge in [0.1, 0.15) is 0 Å². The third-order valence-corrected chi connectivity index (χ3v) is 3.02. The van der Waals surface area contributed by atoms with Crippen molar-refractivity contribution in [2.24, 2.45) is 0 Å². The van der Waals surface area contributed by atoms with Crippen molar-refractivity contribution in [3.63, 3.8) is 0 Å². The van der Waals surface area contributed by atoms with E-state index in [1.165, 1.54) is 23.0 Å². The van der Waals surface area contributed by atoms with Gasteiger partial charge in [0.2, 0.25) is 0 Å². The zero-order valence-corrected chi connectivity index (χ0v) is 11.4. The lowest BCUT2D eigenvalue weighted by Gasteiger charge is -2.08. The van der Waals surface area contributed by atoms with Gasteiger partial charge in [0.25, 0.3) is 5.56 Å². The quantitative estimate of drug-likeness (QED) is 0.925. The van der Waals surface area contributed by atoms with Crippen LogP contribution in [0.25, 0.3) is 0 Å². The fraction of sp³-hybridized carbons (Fsp3) is 0.267. The number of nitrogens with zero attached hydrogens (tertiary/aromatic N) is 2. The zero-order valence-electron chi connectivity index (χ0n) is 11.4. The normalized spacial score (nSPS) is 10.8. The monoisotopic (exact) mass is 272 g/mol. The van der Waals surface area contributed by atoms with Gasteiger partial charge in [-0.15, -0.1) is 0 Å². The van der Waals surface area contributed by atoms with Gasteiger partial charge < -0.3 is 5.11 Å². The SMILES string of the molecule is CC(C)c1cc(=O)n(Cc2cccc(C(=O)O)c2)cn1. The fourth-order valence-electron chi connectivity index (χ4n) is 1.87. The van der Waals surface area contributed by atoms with Crippen LogP contribution in [-0.4, -0.2) is 20.6 Å². The van der Waals surface area contributed by atoms with Crippen molar-refractivity contribution in [2.75, 3.05) is 0 Å². The topological polar surface area (TPSA) is 72.2 Å². The second-order valence-corrected chi connectivity index (χ2v) is 4.94. The maximum atomic E-state index is 12.0. The minimum absolute atomic E-state index is 0.135. The molecule has 1 N–H and O–H groups in total. The van der Waals surface area contributed by atoms with Gasteiger partial charge in [0, 0.05) is 6.07 Å². The first-order valence-corrected chi connectivity index (χ1v) is 6.36. The van der Waals surface area contributed by atoms with Crippen molar-refractivity contribution in [1.82, 2.24) is 9.55 Å². The van der Waals surface area contributed by atoms with E-state index >= 15 is 0 Å². The zero-order chi connectivity index (χ0) is 14.7. The van der Waals surface area contributed by atoms with E-state index in [-0.39, 0.29) is 17.0 Å². The number of aromatic carboxylic acids is 1. The van der Waals surface area contributed by atoms with E-state index < -0.39 is 5.97 Å². The maximum absolute atomic E-state index is 12.0. The van der Waals surface area contributed by atoms with Crippen molar-refractivity contribution < 1.29 is 9.90 Å². The van der Waals surface area contributed by atoms with E-state index in [4.69, 9.17) is 5.11 Å². The molecule has 0 saturated heterocycles. The first kappa shape index (κ1) is 14.0. The molecule has 104 valence electrons. The molecule has 1 aromatic carbocycles. The third kappa shape index (κ3) is 3.12. The Balaban J connectivity index is 2.28. The molecule has 20 heavy (non-hydrogen) atoms. The highest BCUT2D eigenvalue weighted by molar-refractivity contribution is 5.87. The Morgan fingerprint density at radius 1 is 1.35 bits per heavy atom. The largest absolute Gasteiger partial charge is 0.478 e. The summed E-state index contributed by atoms with van der Waals surface area (Å²) in [5.74, 6) is -0.778. The predicted octanol–water partition coefficient (Wildman–Crippen LogP) is 2.11. The number of benzene rings is 1. The predicted molar refractivity (Wildman–Crippen MR) is 75.1 cm³/mol. The summed E-state index contributed by atoms with van der Waals surface area (Å²) in [7, 11) is 0. The molecule has 0 aliphatic carbocycles. The first-order valence-electron chi connectivity index (χ1n) is 6.36. The Labute approximate surface area is 116 Å². The van der Waals surface area contributed by atoms with E-state index in [1.807, 2.05) is 13.8 Å². The lowest BCUT2D eigenvalue weighted by molar-refractivity contribution is 0.0696. The van der Waals surface area contributed by atoms with Crippen LogP contribution >= 0.6 is 0 Å². The summed E-state index contributed by atoms with van der Waals surface area (Å²) >= 11 is 0. The Bertz CT molecular complexity index is 690. The van der Waals surface area contributed by atoms with E-state index in [9.17, 15) is 9.59 Å². The van der Waals surface area contributed by atoms with Crippen molar-refractivity contribution in [3.8, 4) is 0 Å². The van der Waals surface area contributed by atoms with Crippen LogP contribution in [0.2, 0.25) is 0 Å². The van der Waals surface area contributed by atoms with Gasteiger partial charge >= 0.3 is 5.97 Å². The Kier molecular flexibility index (Phi) is 3.98. The molecule has 0 fully saturated rings. The molecule has 0 unspecified atom stereocenters. The highest BCUT2D eigenvalue weighted by Crippen LogP contribution is 2.09. The molecular formula is C15H16N2O3. The second kappa shape index (κ2) is 5.69. The van der Waals surface area contributed by atoms with E-state index in [0.717, 1.165) is 11.3 Å². The summed E-state index contributed by atoms with van der Waals surface area (Å²) in [6.45, 7) is 4.26. The molecule has 5 heteroatoms. The van der Waals surface area contributed by atoms with Crippen LogP contribution in [0.4, 0.5) is 0 Å². The minimum Gasteiger partial charge on any atom is -0.478 e. The Morgan fingerprint density at radius 2 is 2.10 bits per heavy atom. The molecule has 1 aromatic heterocycles. The molecule has 2 aromatic rings. The van der Waals surface area contributed by atoms with Crippen molar-refractivity contribution in [2.45, 2.75) is 26.3 Å². The number of carboxylic acid groups (broad SMARTS) is 1. The first-order chi connectivity index (χ1) is 9.47. The average Bonchev–Trinajstić information content (AvgIpc) is 2.41. The molecule has 2 rings (SSSR count). The standard InChI is InChI=1S/C15H16N2O3/c1-10(2)13-7-14(18)17(9-16-13)8-11-4-3-5-12(6-11)15(19)20/h3-7,9-10H,8H2,1-2H3,(H,19,20). The smallest absolute Gasteiger partial charge is 0.335 e. The van der Waals surface area contributed by atoms with Crippen molar-refractivity contribution in [1.29, 1.82) is 0 Å². The molecule has 0 amide bonds. The summed E-state index contributed by atoms with van der Waals surface area (Å²) in [4.78, 5) is 27.1. The molecule has 0 aliphatic rings. The van der Waals surface area contributed by atoms with Crippen molar-refractivity contribution in [3.05, 3.63) is 63.8 Å². The average molecular weight is 272 g/mol. The maximum Gasteiger partial charge on any atom is 0.335 e. The van der Waals surface area contributed by atoms with Gasteiger partial charge in [-0.1, -0.05) is 26.0 Å². The fourth-order valence-corrected chi connectivity index (χ4v) is 1.87. The summed E-state index contributed by atoms with van der Waals surface area (Å²) < 4.78 is 1.47. The number of carboxylic acids is 1. The number of carbonyl (C=O) groups is 1. The highest BCUT2D eigenvalue weighted by atomic mass is 16.4. The van der Waals surface area contributed by atoms with Gasteiger partial charge in [0.05, 0.1) is 24.1 Å². The number of rotatable bonds is 4. The van der Waals surface area contributed by atoms with E-state index in [2.05, 4.69) is 4.98 Å². The lowest BCUT2D eigenvalue weighted by Crippen LogP contribution is -2.21. The summed E-state index contributed by atoms with van der Waals surface area (Å²) in [6.07, 6.45) is 1.51. The number of hydrogen-bond donors (Lipinski definition) is 1. The molecule has 0 bridgehead atoms. The van der Waals surface area contributed by atoms with Crippen LogP contribution in [-0.2, 0) is 6.54 Å². The Hall–Kier alpha value is -2.43. The van der Waals surface area contributed by atoms with Gasteiger partial charge in [-0.3, -0.25) is 9.36 Å². The van der Waals surface area contributed by atoms with Crippen LogP contribution in [0.1, 0.15) is 41.4 Å². The summed E-state index contributed by atoms with van der Waals surface area (Å²) in [5, 5.41) is 8.95. The van der Waals surface area contributed by atoms with Gasteiger partial charge in [-0.25, -0.2) is 9.78 Å². The molecule has 5 nitrogen and oxygen atoms in total. The van der Waals surface area contributed by atoms with Crippen molar-refractivity contribution >= 4 is 5.97 Å². The molecule has 0 aliphatic heterocycles.